The molecule has 0 aromatic heterocycles. The van der Waals surface area contributed by atoms with Crippen LogP contribution in [-0.2, 0) is 6.54 Å². The second-order valence-corrected chi connectivity index (χ2v) is 6.12. The zero-order valence-corrected chi connectivity index (χ0v) is 12.9. The van der Waals surface area contributed by atoms with Crippen molar-refractivity contribution < 1.29 is 0 Å². The molecule has 1 fully saturated rings. The molecule has 0 amide bonds. The van der Waals surface area contributed by atoms with Gasteiger partial charge < -0.3 is 5.32 Å². The van der Waals surface area contributed by atoms with Crippen LogP contribution in [0, 0.1) is 19.8 Å². The number of aryl methyl sites for hydroxylation is 2. The molecule has 0 radical (unpaired) electrons. The van der Waals surface area contributed by atoms with E-state index in [0.29, 0.717) is 6.04 Å². The predicted molar refractivity (Wildman–Crippen MR) is 82.4 cm³/mol. The third kappa shape index (κ3) is 3.80. The largest absolute Gasteiger partial charge is 0.314 e. The van der Waals surface area contributed by atoms with E-state index in [-0.39, 0.29) is 0 Å². The molecule has 0 bridgehead atoms. The molecule has 1 saturated heterocycles. The van der Waals surface area contributed by atoms with Gasteiger partial charge in [-0.1, -0.05) is 49.6 Å². The van der Waals surface area contributed by atoms with Crippen molar-refractivity contribution in [3.8, 4) is 0 Å². The molecule has 2 atom stereocenters. The summed E-state index contributed by atoms with van der Waals surface area (Å²) < 4.78 is 0. The van der Waals surface area contributed by atoms with Gasteiger partial charge in [0.15, 0.2) is 0 Å². The van der Waals surface area contributed by atoms with Crippen molar-refractivity contribution in [1.29, 1.82) is 0 Å². The zero-order chi connectivity index (χ0) is 13.8. The molecule has 1 heterocycles. The fourth-order valence-electron chi connectivity index (χ4n) is 3.19. The molecule has 0 aliphatic carbocycles. The van der Waals surface area contributed by atoms with Crippen LogP contribution in [0.2, 0.25) is 0 Å². The Morgan fingerprint density at radius 2 is 1.95 bits per heavy atom. The fourth-order valence-corrected chi connectivity index (χ4v) is 3.19. The van der Waals surface area contributed by atoms with Gasteiger partial charge in [0, 0.05) is 32.2 Å². The summed E-state index contributed by atoms with van der Waals surface area (Å²) in [6.07, 6.45) is 1.26. The average molecular weight is 260 g/mol. The monoisotopic (exact) mass is 260 g/mol. The summed E-state index contributed by atoms with van der Waals surface area (Å²) in [5.74, 6) is 0.763. The lowest BCUT2D eigenvalue weighted by Gasteiger charge is -2.39. The van der Waals surface area contributed by atoms with Crippen molar-refractivity contribution in [2.24, 2.45) is 5.92 Å². The van der Waals surface area contributed by atoms with Crippen LogP contribution in [0.5, 0.6) is 0 Å². The quantitative estimate of drug-likeness (QED) is 0.895. The van der Waals surface area contributed by atoms with E-state index < -0.39 is 0 Å². The van der Waals surface area contributed by atoms with Gasteiger partial charge in [-0.25, -0.2) is 0 Å². The normalized spacial score (nSPS) is 22.4. The fraction of sp³-hybridized carbons (Fsp3) is 0.647. The molecule has 1 N–H and O–H groups in total. The standard InChI is InChI=1S/C17H28N2/c1-5-15(4)17-11-18-6-7-19(17)12-16-9-13(2)8-14(3)10-16/h8-10,15,17-18H,5-7,11-12H2,1-4H3. The molecule has 2 heteroatoms. The molecule has 106 valence electrons. The summed E-state index contributed by atoms with van der Waals surface area (Å²) in [6, 6.07) is 7.61. The third-order valence-corrected chi connectivity index (χ3v) is 4.37. The van der Waals surface area contributed by atoms with Gasteiger partial charge in [0.1, 0.15) is 0 Å². The van der Waals surface area contributed by atoms with E-state index >= 15 is 0 Å². The molecular formula is C17H28N2. The molecule has 0 saturated carbocycles. The van der Waals surface area contributed by atoms with Crippen molar-refractivity contribution in [1.82, 2.24) is 10.2 Å². The molecule has 1 aliphatic heterocycles. The van der Waals surface area contributed by atoms with Gasteiger partial charge in [0.25, 0.3) is 0 Å². The van der Waals surface area contributed by atoms with Crippen LogP contribution in [0.1, 0.15) is 37.0 Å². The SMILES string of the molecule is CCC(C)C1CNCCN1Cc1cc(C)cc(C)c1. The average Bonchev–Trinajstić information content (AvgIpc) is 2.37. The molecule has 1 aliphatic rings. The van der Waals surface area contributed by atoms with Crippen molar-refractivity contribution in [2.45, 2.75) is 46.7 Å². The second-order valence-electron chi connectivity index (χ2n) is 6.12. The summed E-state index contributed by atoms with van der Waals surface area (Å²) in [5.41, 5.74) is 4.23. The molecule has 19 heavy (non-hydrogen) atoms. The minimum absolute atomic E-state index is 0.680. The number of hydrogen-bond acceptors (Lipinski definition) is 2. The maximum absolute atomic E-state index is 3.55. The Hall–Kier alpha value is -0.860. The highest BCUT2D eigenvalue weighted by molar-refractivity contribution is 5.28. The van der Waals surface area contributed by atoms with E-state index in [9.17, 15) is 0 Å². The second kappa shape index (κ2) is 6.53. The molecule has 2 nitrogen and oxygen atoms in total. The summed E-state index contributed by atoms with van der Waals surface area (Å²) in [6.45, 7) is 13.6. The number of rotatable bonds is 4. The molecule has 2 unspecified atom stereocenters. The zero-order valence-electron chi connectivity index (χ0n) is 12.9. The molecule has 0 spiro atoms. The van der Waals surface area contributed by atoms with E-state index in [0.717, 1.165) is 25.6 Å². The van der Waals surface area contributed by atoms with E-state index in [1.165, 1.54) is 29.7 Å². The lowest BCUT2D eigenvalue weighted by atomic mass is 9.95. The number of benzene rings is 1. The third-order valence-electron chi connectivity index (χ3n) is 4.37. The van der Waals surface area contributed by atoms with Crippen molar-refractivity contribution in [3.63, 3.8) is 0 Å². The van der Waals surface area contributed by atoms with Crippen molar-refractivity contribution in [2.75, 3.05) is 19.6 Å². The number of hydrogen-bond donors (Lipinski definition) is 1. The van der Waals surface area contributed by atoms with Gasteiger partial charge >= 0.3 is 0 Å². The van der Waals surface area contributed by atoms with Gasteiger partial charge in [0.2, 0.25) is 0 Å². The van der Waals surface area contributed by atoms with Crippen LogP contribution in [0.25, 0.3) is 0 Å². The maximum atomic E-state index is 3.55. The van der Waals surface area contributed by atoms with Gasteiger partial charge in [-0.05, 0) is 25.3 Å². The minimum atomic E-state index is 0.680. The van der Waals surface area contributed by atoms with Crippen molar-refractivity contribution in [3.05, 3.63) is 34.9 Å². The molecular weight excluding hydrogens is 232 g/mol. The Balaban J connectivity index is 2.10. The van der Waals surface area contributed by atoms with Crippen molar-refractivity contribution >= 4 is 0 Å². The summed E-state index contributed by atoms with van der Waals surface area (Å²) >= 11 is 0. The van der Waals surface area contributed by atoms with Crippen LogP contribution in [0.3, 0.4) is 0 Å². The first-order chi connectivity index (χ1) is 9.10. The highest BCUT2D eigenvalue weighted by Gasteiger charge is 2.26. The number of nitrogens with zero attached hydrogens (tertiary/aromatic N) is 1. The smallest absolute Gasteiger partial charge is 0.0250 e. The number of piperazine rings is 1. The van der Waals surface area contributed by atoms with Gasteiger partial charge in [-0.3, -0.25) is 4.90 Å². The predicted octanol–water partition coefficient (Wildman–Crippen LogP) is 3.12. The van der Waals surface area contributed by atoms with Crippen LogP contribution in [-0.4, -0.2) is 30.6 Å². The molecule has 2 rings (SSSR count). The lowest BCUT2D eigenvalue weighted by molar-refractivity contribution is 0.109. The first kappa shape index (κ1) is 14.5. The summed E-state index contributed by atoms with van der Waals surface area (Å²) in [4.78, 5) is 2.67. The Morgan fingerprint density at radius 1 is 1.26 bits per heavy atom. The van der Waals surface area contributed by atoms with E-state index in [2.05, 4.69) is 56.1 Å². The van der Waals surface area contributed by atoms with Gasteiger partial charge in [0.05, 0.1) is 0 Å². The minimum Gasteiger partial charge on any atom is -0.314 e. The lowest BCUT2D eigenvalue weighted by Crippen LogP contribution is -2.53. The van der Waals surface area contributed by atoms with Gasteiger partial charge in [-0.15, -0.1) is 0 Å². The van der Waals surface area contributed by atoms with Crippen LogP contribution in [0.4, 0.5) is 0 Å². The van der Waals surface area contributed by atoms with Crippen LogP contribution < -0.4 is 5.32 Å². The van der Waals surface area contributed by atoms with E-state index in [1.807, 2.05) is 0 Å². The Kier molecular flexibility index (Phi) is 5.00. The topological polar surface area (TPSA) is 15.3 Å². The maximum Gasteiger partial charge on any atom is 0.0250 e. The molecule has 1 aromatic rings. The number of nitrogens with one attached hydrogen (secondary N) is 1. The first-order valence-corrected chi connectivity index (χ1v) is 7.62. The van der Waals surface area contributed by atoms with Crippen LogP contribution in [0.15, 0.2) is 18.2 Å². The van der Waals surface area contributed by atoms with E-state index in [1.54, 1.807) is 0 Å². The van der Waals surface area contributed by atoms with E-state index in [4.69, 9.17) is 0 Å². The summed E-state index contributed by atoms with van der Waals surface area (Å²) in [7, 11) is 0. The summed E-state index contributed by atoms with van der Waals surface area (Å²) in [5, 5.41) is 3.55. The van der Waals surface area contributed by atoms with Gasteiger partial charge in [-0.2, -0.15) is 0 Å². The Bertz CT molecular complexity index is 393. The Labute approximate surface area is 118 Å². The van der Waals surface area contributed by atoms with Crippen LogP contribution >= 0.6 is 0 Å². The molecule has 1 aromatic carbocycles. The highest BCUT2D eigenvalue weighted by atomic mass is 15.2. The first-order valence-electron chi connectivity index (χ1n) is 7.62. The highest BCUT2D eigenvalue weighted by Crippen LogP contribution is 2.20. The Morgan fingerprint density at radius 3 is 2.58 bits per heavy atom.